The summed E-state index contributed by atoms with van der Waals surface area (Å²) in [5.74, 6) is -3.38. The molecule has 1 aromatic heterocycles. The lowest BCUT2D eigenvalue weighted by atomic mass is 9.95. The van der Waals surface area contributed by atoms with Crippen LogP contribution in [0.5, 0.6) is 5.75 Å². The summed E-state index contributed by atoms with van der Waals surface area (Å²) in [6, 6.07) is 4.23. The third-order valence-electron chi connectivity index (χ3n) is 6.75. The number of phenolic OH excluding ortho intramolecular Hbond substituents is 1. The summed E-state index contributed by atoms with van der Waals surface area (Å²) in [7, 11) is 0. The van der Waals surface area contributed by atoms with Crippen LogP contribution in [0.1, 0.15) is 99.0 Å². The van der Waals surface area contributed by atoms with E-state index >= 15 is 0 Å². The van der Waals surface area contributed by atoms with Gasteiger partial charge >= 0.3 is 23.9 Å². The predicted molar refractivity (Wildman–Crippen MR) is 166 cm³/mol. The number of fused-ring (bicyclic) bond motifs is 2. The molecule has 3 heterocycles. The van der Waals surface area contributed by atoms with Gasteiger partial charge in [0.1, 0.15) is 27.6 Å². The van der Waals surface area contributed by atoms with Crippen LogP contribution in [0.4, 0.5) is 9.80 Å². The van der Waals surface area contributed by atoms with Gasteiger partial charge in [0.25, 0.3) is 5.91 Å². The van der Waals surface area contributed by atoms with Crippen molar-refractivity contribution in [3.8, 4) is 5.75 Å². The highest BCUT2D eigenvalue weighted by atomic mass is 32.1. The number of thiophene rings is 1. The molecule has 0 spiro atoms. The molecule has 45 heavy (non-hydrogen) atoms. The predicted octanol–water partition coefficient (Wildman–Crippen LogP) is 5.01. The van der Waals surface area contributed by atoms with Crippen molar-refractivity contribution < 1.29 is 43.3 Å². The van der Waals surface area contributed by atoms with Gasteiger partial charge in [-0.1, -0.05) is 12.1 Å². The average molecular weight is 644 g/mol. The fraction of sp³-hybridized carbons (Fsp3) is 0.531. The Morgan fingerprint density at radius 3 is 2.13 bits per heavy atom. The maximum atomic E-state index is 13.6. The van der Waals surface area contributed by atoms with Crippen molar-refractivity contribution in [1.29, 1.82) is 0 Å². The van der Waals surface area contributed by atoms with Crippen LogP contribution in [0.25, 0.3) is 0 Å². The Bertz CT molecular complexity index is 1540. The first-order valence-corrected chi connectivity index (χ1v) is 15.5. The number of rotatable bonds is 4. The molecule has 2 N–H and O–H groups in total. The lowest BCUT2D eigenvalue weighted by Gasteiger charge is -2.38. The summed E-state index contributed by atoms with van der Waals surface area (Å²) in [6.45, 7) is 15.6. The highest BCUT2D eigenvalue weighted by molar-refractivity contribution is 7.17. The molecule has 3 amide bonds. The number of anilines is 1. The van der Waals surface area contributed by atoms with Gasteiger partial charge in [-0.3, -0.25) is 14.5 Å². The van der Waals surface area contributed by atoms with Crippen molar-refractivity contribution in [2.75, 3.05) is 11.9 Å². The zero-order valence-corrected chi connectivity index (χ0v) is 28.0. The van der Waals surface area contributed by atoms with Crippen molar-refractivity contribution in [3.63, 3.8) is 0 Å². The van der Waals surface area contributed by atoms with Crippen LogP contribution < -0.4 is 5.32 Å². The summed E-state index contributed by atoms with van der Waals surface area (Å²) in [4.78, 5) is 69.5. The molecule has 1 aromatic carbocycles. The number of benzene rings is 1. The Kier molecular flexibility index (Phi) is 9.00. The normalized spacial score (nSPS) is 16.6. The molecule has 0 bridgehead atoms. The smallest absolute Gasteiger partial charge is 0.410 e. The summed E-state index contributed by atoms with van der Waals surface area (Å²) < 4.78 is 16.6. The summed E-state index contributed by atoms with van der Waals surface area (Å²) in [6.07, 6.45) is -0.495. The number of nitrogens with one attached hydrogen (secondary N) is 1. The molecule has 12 nitrogen and oxygen atoms in total. The van der Waals surface area contributed by atoms with Gasteiger partial charge in [-0.2, -0.15) is 0 Å². The van der Waals surface area contributed by atoms with E-state index in [1.807, 2.05) is 0 Å². The third kappa shape index (κ3) is 7.94. The van der Waals surface area contributed by atoms with E-state index in [1.54, 1.807) is 79.3 Å². The van der Waals surface area contributed by atoms with Crippen molar-refractivity contribution in [3.05, 3.63) is 45.3 Å². The number of carbonyl (C=O) groups excluding carboxylic acids is 5. The molecule has 244 valence electrons. The monoisotopic (exact) mass is 643 g/mol. The van der Waals surface area contributed by atoms with E-state index < -0.39 is 46.8 Å². The maximum Gasteiger partial charge on any atom is 0.410 e. The van der Waals surface area contributed by atoms with Gasteiger partial charge in [-0.05, 0) is 85.9 Å². The first kappa shape index (κ1) is 33.8. The molecular weight excluding hydrogens is 602 g/mol. The minimum atomic E-state index is -1.12. The van der Waals surface area contributed by atoms with Gasteiger partial charge < -0.3 is 29.5 Å². The van der Waals surface area contributed by atoms with Crippen LogP contribution in [0.15, 0.2) is 18.2 Å². The third-order valence-corrected chi connectivity index (χ3v) is 7.88. The fourth-order valence-electron chi connectivity index (χ4n) is 5.10. The molecule has 2 aliphatic heterocycles. The van der Waals surface area contributed by atoms with E-state index in [0.717, 1.165) is 11.3 Å². The van der Waals surface area contributed by atoms with Gasteiger partial charge in [0, 0.05) is 18.0 Å². The zero-order chi connectivity index (χ0) is 33.6. The zero-order valence-electron chi connectivity index (χ0n) is 27.2. The molecule has 0 fully saturated rings. The molecule has 1 atom stereocenters. The number of esters is 2. The molecule has 0 radical (unpaired) electrons. The SMILES string of the molecule is CC(C)(C)OC(=O)C(=O)Nc1sc2c(c1C(=O)OC(C)(C)C)CC(CN1Cc3cccc(O)c3C1=O)N(C(=O)OC(C)(C)C)C2. The summed E-state index contributed by atoms with van der Waals surface area (Å²) in [5, 5.41) is 13.0. The highest BCUT2D eigenvalue weighted by Crippen LogP contribution is 2.41. The first-order valence-electron chi connectivity index (χ1n) is 14.7. The Labute approximate surface area is 266 Å². The van der Waals surface area contributed by atoms with Crippen LogP contribution in [0, 0.1) is 0 Å². The van der Waals surface area contributed by atoms with E-state index in [4.69, 9.17) is 14.2 Å². The van der Waals surface area contributed by atoms with Crippen LogP contribution in [0.3, 0.4) is 0 Å². The highest BCUT2D eigenvalue weighted by Gasteiger charge is 2.41. The van der Waals surface area contributed by atoms with Gasteiger partial charge in [-0.25, -0.2) is 14.4 Å². The molecule has 4 rings (SSSR count). The van der Waals surface area contributed by atoms with Gasteiger partial charge in [0.15, 0.2) is 0 Å². The van der Waals surface area contributed by atoms with E-state index in [1.165, 1.54) is 11.0 Å². The second-order valence-corrected chi connectivity index (χ2v) is 15.2. The van der Waals surface area contributed by atoms with Crippen molar-refractivity contribution in [1.82, 2.24) is 9.80 Å². The number of ether oxygens (including phenoxy) is 3. The topological polar surface area (TPSA) is 152 Å². The Morgan fingerprint density at radius 2 is 1.56 bits per heavy atom. The van der Waals surface area contributed by atoms with Gasteiger partial charge in [0.05, 0.1) is 23.7 Å². The molecule has 13 heteroatoms. The van der Waals surface area contributed by atoms with E-state index in [-0.39, 0.29) is 53.8 Å². The van der Waals surface area contributed by atoms with Gasteiger partial charge in [0.2, 0.25) is 0 Å². The molecule has 0 saturated heterocycles. The molecule has 0 aliphatic carbocycles. The first-order chi connectivity index (χ1) is 20.6. The largest absolute Gasteiger partial charge is 0.507 e. The van der Waals surface area contributed by atoms with E-state index in [0.29, 0.717) is 16.0 Å². The number of hydrogen-bond donors (Lipinski definition) is 2. The second-order valence-electron chi connectivity index (χ2n) is 14.1. The lowest BCUT2D eigenvalue weighted by Crippen LogP contribution is -2.51. The molecule has 2 aliphatic rings. The van der Waals surface area contributed by atoms with Crippen LogP contribution in [-0.2, 0) is 43.3 Å². The quantitative estimate of drug-likeness (QED) is 0.266. The summed E-state index contributed by atoms with van der Waals surface area (Å²) in [5.41, 5.74) is -1.11. The van der Waals surface area contributed by atoms with Crippen molar-refractivity contribution in [2.45, 2.75) is 105 Å². The molecule has 1 unspecified atom stereocenters. The number of amides is 3. The van der Waals surface area contributed by atoms with Gasteiger partial charge in [-0.15, -0.1) is 11.3 Å². The van der Waals surface area contributed by atoms with Crippen LogP contribution >= 0.6 is 11.3 Å². The van der Waals surface area contributed by atoms with E-state index in [2.05, 4.69) is 5.32 Å². The fourth-order valence-corrected chi connectivity index (χ4v) is 6.31. The number of phenols is 1. The van der Waals surface area contributed by atoms with Crippen molar-refractivity contribution >= 4 is 46.2 Å². The molecule has 0 saturated carbocycles. The second kappa shape index (κ2) is 12.0. The maximum absolute atomic E-state index is 13.6. The molecule has 2 aromatic rings. The van der Waals surface area contributed by atoms with Crippen LogP contribution in [0.2, 0.25) is 0 Å². The minimum absolute atomic E-state index is 0.0118. The lowest BCUT2D eigenvalue weighted by molar-refractivity contribution is -0.161. The Hall–Kier alpha value is -4.13. The van der Waals surface area contributed by atoms with Crippen LogP contribution in [-0.4, -0.2) is 74.1 Å². The standard InChI is InChI=1S/C32H41N3O9S/c1-30(2,3)42-27(39)23-19-13-18(15-34-14-17-11-10-12-20(36)22(17)26(34)38)35(29(41)44-32(7,8)9)16-21(19)45-25(23)33-24(37)28(40)43-31(4,5)6/h10-12,18,36H,13-16H2,1-9H3,(H,33,37). The number of nitrogens with zero attached hydrogens (tertiary/aromatic N) is 2. The average Bonchev–Trinajstić information content (AvgIpc) is 3.37. The number of hydrogen-bond acceptors (Lipinski definition) is 10. The van der Waals surface area contributed by atoms with E-state index in [9.17, 15) is 29.1 Å². The Balaban J connectivity index is 1.74. The Morgan fingerprint density at radius 1 is 0.933 bits per heavy atom. The molecular formula is C32H41N3O9S. The minimum Gasteiger partial charge on any atom is -0.507 e. The summed E-state index contributed by atoms with van der Waals surface area (Å²) >= 11 is 1.05. The number of carbonyl (C=O) groups is 5. The van der Waals surface area contributed by atoms with Crippen molar-refractivity contribution in [2.24, 2.45) is 0 Å². The number of aromatic hydroxyl groups is 1.